The quantitative estimate of drug-likeness (QED) is 0.782. The van der Waals surface area contributed by atoms with Crippen molar-refractivity contribution in [1.82, 2.24) is 14.8 Å². The van der Waals surface area contributed by atoms with Gasteiger partial charge < -0.3 is 5.73 Å². The minimum atomic E-state index is -0.418. The predicted molar refractivity (Wildman–Crippen MR) is 78.9 cm³/mol. The molecule has 1 aromatic carbocycles. The van der Waals surface area contributed by atoms with E-state index in [-0.39, 0.29) is 0 Å². The molecule has 0 radical (unpaired) electrons. The SMILES string of the molecule is Nc1cn(-c2cccc(Br)c2)nc1-c1cncc(F)c1. The number of hydrogen-bond acceptors (Lipinski definition) is 3. The summed E-state index contributed by atoms with van der Waals surface area (Å²) in [6.07, 6.45) is 4.38. The first-order valence-corrected chi connectivity index (χ1v) is 6.65. The van der Waals surface area contributed by atoms with Gasteiger partial charge in [0.05, 0.1) is 23.8 Å². The Morgan fingerprint density at radius 1 is 1.20 bits per heavy atom. The van der Waals surface area contributed by atoms with E-state index in [2.05, 4.69) is 26.0 Å². The lowest BCUT2D eigenvalue weighted by Crippen LogP contribution is -1.94. The number of nitrogen functional groups attached to an aromatic ring is 1. The Bertz CT molecular complexity index is 769. The maximum atomic E-state index is 13.2. The van der Waals surface area contributed by atoms with Crippen molar-refractivity contribution in [2.24, 2.45) is 0 Å². The standard InChI is InChI=1S/C14H10BrFN4/c15-10-2-1-3-12(5-10)20-8-13(17)14(19-20)9-4-11(16)7-18-6-9/h1-8H,17H2. The van der Waals surface area contributed by atoms with Crippen molar-refractivity contribution in [3.63, 3.8) is 0 Å². The maximum absolute atomic E-state index is 13.2. The van der Waals surface area contributed by atoms with E-state index in [0.717, 1.165) is 16.4 Å². The summed E-state index contributed by atoms with van der Waals surface area (Å²) in [5, 5.41) is 4.40. The highest BCUT2D eigenvalue weighted by molar-refractivity contribution is 9.10. The van der Waals surface area contributed by atoms with Crippen molar-refractivity contribution in [1.29, 1.82) is 0 Å². The number of nitrogens with zero attached hydrogens (tertiary/aromatic N) is 3. The monoisotopic (exact) mass is 332 g/mol. The van der Waals surface area contributed by atoms with Crippen LogP contribution in [0, 0.1) is 5.82 Å². The summed E-state index contributed by atoms with van der Waals surface area (Å²) in [6, 6.07) is 9.01. The van der Waals surface area contributed by atoms with Crippen molar-refractivity contribution in [2.75, 3.05) is 5.73 Å². The van der Waals surface area contributed by atoms with E-state index in [1.807, 2.05) is 24.3 Å². The summed E-state index contributed by atoms with van der Waals surface area (Å²) < 4.78 is 15.8. The first-order chi connectivity index (χ1) is 9.63. The molecule has 0 aliphatic rings. The van der Waals surface area contributed by atoms with E-state index >= 15 is 0 Å². The Labute approximate surface area is 123 Å². The minimum absolute atomic E-state index is 0.418. The fourth-order valence-corrected chi connectivity index (χ4v) is 2.29. The van der Waals surface area contributed by atoms with Gasteiger partial charge in [-0.05, 0) is 24.3 Å². The van der Waals surface area contributed by atoms with Gasteiger partial charge in [0.2, 0.25) is 0 Å². The largest absolute Gasteiger partial charge is 0.396 e. The molecule has 0 amide bonds. The molecule has 2 aromatic heterocycles. The second-order valence-electron chi connectivity index (χ2n) is 4.25. The Morgan fingerprint density at radius 2 is 2.05 bits per heavy atom. The average Bonchev–Trinajstić information content (AvgIpc) is 2.81. The molecule has 0 atom stereocenters. The zero-order chi connectivity index (χ0) is 14.1. The van der Waals surface area contributed by atoms with Gasteiger partial charge in [-0.25, -0.2) is 9.07 Å². The topological polar surface area (TPSA) is 56.7 Å². The zero-order valence-corrected chi connectivity index (χ0v) is 11.9. The molecular weight excluding hydrogens is 323 g/mol. The zero-order valence-electron chi connectivity index (χ0n) is 10.3. The van der Waals surface area contributed by atoms with E-state index in [4.69, 9.17) is 5.73 Å². The molecule has 3 aromatic rings. The lowest BCUT2D eigenvalue weighted by atomic mass is 10.2. The molecule has 0 aliphatic heterocycles. The molecule has 2 heterocycles. The Hall–Kier alpha value is -2.21. The molecule has 0 fully saturated rings. The predicted octanol–water partition coefficient (Wildman–Crippen LogP) is 3.42. The molecule has 0 bridgehead atoms. The van der Waals surface area contributed by atoms with E-state index < -0.39 is 5.82 Å². The van der Waals surface area contributed by atoms with Gasteiger partial charge >= 0.3 is 0 Å². The van der Waals surface area contributed by atoms with Crippen LogP contribution < -0.4 is 5.73 Å². The van der Waals surface area contributed by atoms with Crippen LogP contribution in [0.2, 0.25) is 0 Å². The molecule has 0 spiro atoms. The van der Waals surface area contributed by atoms with Crippen molar-refractivity contribution in [3.05, 3.63) is 59.2 Å². The highest BCUT2D eigenvalue weighted by Gasteiger charge is 2.11. The van der Waals surface area contributed by atoms with Crippen molar-refractivity contribution >= 4 is 21.6 Å². The van der Waals surface area contributed by atoms with Crippen LogP contribution >= 0.6 is 15.9 Å². The molecule has 3 rings (SSSR count). The summed E-state index contributed by atoms with van der Waals surface area (Å²) in [7, 11) is 0. The smallest absolute Gasteiger partial charge is 0.142 e. The molecular formula is C14H10BrFN4. The van der Waals surface area contributed by atoms with Crippen molar-refractivity contribution in [2.45, 2.75) is 0 Å². The lowest BCUT2D eigenvalue weighted by Gasteiger charge is -2.01. The molecule has 0 unspecified atom stereocenters. The van der Waals surface area contributed by atoms with E-state index in [1.165, 1.54) is 12.3 Å². The number of aromatic nitrogens is 3. The minimum Gasteiger partial charge on any atom is -0.396 e. The third kappa shape index (κ3) is 2.42. The third-order valence-electron chi connectivity index (χ3n) is 2.79. The summed E-state index contributed by atoms with van der Waals surface area (Å²) >= 11 is 3.41. The first-order valence-electron chi connectivity index (χ1n) is 5.85. The van der Waals surface area contributed by atoms with Gasteiger partial charge in [0, 0.05) is 16.2 Å². The highest BCUT2D eigenvalue weighted by Crippen LogP contribution is 2.25. The number of rotatable bonds is 2. The Balaban J connectivity index is 2.08. The van der Waals surface area contributed by atoms with Crippen LogP contribution in [0.3, 0.4) is 0 Å². The van der Waals surface area contributed by atoms with Crippen LogP contribution in [0.4, 0.5) is 10.1 Å². The molecule has 0 saturated carbocycles. The Morgan fingerprint density at radius 3 is 2.80 bits per heavy atom. The van der Waals surface area contributed by atoms with E-state index in [1.54, 1.807) is 10.9 Å². The van der Waals surface area contributed by atoms with Gasteiger partial charge in [0.1, 0.15) is 11.5 Å². The highest BCUT2D eigenvalue weighted by atomic mass is 79.9. The van der Waals surface area contributed by atoms with Crippen molar-refractivity contribution in [3.8, 4) is 16.9 Å². The fourth-order valence-electron chi connectivity index (χ4n) is 1.90. The summed E-state index contributed by atoms with van der Waals surface area (Å²) in [5.74, 6) is -0.418. The van der Waals surface area contributed by atoms with Gasteiger partial charge in [-0.15, -0.1) is 0 Å². The van der Waals surface area contributed by atoms with Gasteiger partial charge in [0.15, 0.2) is 0 Å². The molecule has 0 aliphatic carbocycles. The number of anilines is 1. The second kappa shape index (κ2) is 5.05. The normalized spacial score (nSPS) is 10.7. The second-order valence-corrected chi connectivity index (χ2v) is 5.16. The lowest BCUT2D eigenvalue weighted by molar-refractivity contribution is 0.622. The molecule has 100 valence electrons. The Kier molecular flexibility index (Phi) is 3.23. The van der Waals surface area contributed by atoms with Crippen LogP contribution in [-0.4, -0.2) is 14.8 Å². The van der Waals surface area contributed by atoms with Gasteiger partial charge in [0.25, 0.3) is 0 Å². The van der Waals surface area contributed by atoms with Crippen LogP contribution in [0.1, 0.15) is 0 Å². The van der Waals surface area contributed by atoms with Crippen LogP contribution in [0.25, 0.3) is 16.9 Å². The van der Waals surface area contributed by atoms with Gasteiger partial charge in [-0.3, -0.25) is 4.98 Å². The number of nitrogens with two attached hydrogens (primary N) is 1. The summed E-state index contributed by atoms with van der Waals surface area (Å²) in [4.78, 5) is 3.81. The van der Waals surface area contributed by atoms with Crippen LogP contribution in [0.5, 0.6) is 0 Å². The van der Waals surface area contributed by atoms with E-state index in [9.17, 15) is 4.39 Å². The fraction of sp³-hybridized carbons (Fsp3) is 0. The number of hydrogen-bond donors (Lipinski definition) is 1. The number of benzene rings is 1. The number of pyridine rings is 1. The van der Waals surface area contributed by atoms with Gasteiger partial charge in [-0.2, -0.15) is 5.10 Å². The summed E-state index contributed by atoms with van der Waals surface area (Å²) in [6.45, 7) is 0. The van der Waals surface area contributed by atoms with E-state index in [0.29, 0.717) is 16.9 Å². The van der Waals surface area contributed by atoms with Crippen molar-refractivity contribution < 1.29 is 4.39 Å². The van der Waals surface area contributed by atoms with Crippen LogP contribution in [0.15, 0.2) is 53.4 Å². The molecule has 2 N–H and O–H groups in total. The summed E-state index contributed by atoms with van der Waals surface area (Å²) in [5.41, 5.74) is 8.35. The molecule has 4 nitrogen and oxygen atoms in total. The maximum Gasteiger partial charge on any atom is 0.142 e. The number of halogens is 2. The first kappa shape index (κ1) is 12.8. The molecule has 6 heteroatoms. The third-order valence-corrected chi connectivity index (χ3v) is 3.29. The molecule has 20 heavy (non-hydrogen) atoms. The average molecular weight is 333 g/mol. The van der Waals surface area contributed by atoms with Gasteiger partial charge in [-0.1, -0.05) is 22.0 Å². The molecule has 0 saturated heterocycles. The van der Waals surface area contributed by atoms with Crippen LogP contribution in [-0.2, 0) is 0 Å².